The lowest BCUT2D eigenvalue weighted by atomic mass is 10.2. The maximum atomic E-state index is 11.5. The molecule has 0 bridgehead atoms. The minimum atomic E-state index is -0.758. The molecule has 18 heavy (non-hydrogen) atoms. The molecule has 0 fully saturated rings. The molecule has 0 aliphatic carbocycles. The van der Waals surface area contributed by atoms with Crippen molar-refractivity contribution in [2.24, 2.45) is 0 Å². The van der Waals surface area contributed by atoms with Gasteiger partial charge in [0, 0.05) is 5.56 Å². The fourth-order valence-corrected chi connectivity index (χ4v) is 1.46. The van der Waals surface area contributed by atoms with E-state index >= 15 is 0 Å². The molecule has 0 aliphatic heterocycles. The second kappa shape index (κ2) is 6.86. The topological polar surface area (TPSA) is 65.0 Å². The first kappa shape index (κ1) is 14.3. The first-order valence-corrected chi connectivity index (χ1v) is 5.74. The standard InChI is InChI=1S/C13H18O5/c1-4-17-13(15)9(2)18-12-10(8-14)6-5-7-11(12)16-3/h5-7,9,14H,4,8H2,1-3H3. The van der Waals surface area contributed by atoms with E-state index in [1.807, 2.05) is 0 Å². The number of aliphatic hydroxyl groups is 1. The molecule has 0 amide bonds. The molecule has 0 heterocycles. The molecule has 1 aromatic rings. The van der Waals surface area contributed by atoms with Gasteiger partial charge in [-0.3, -0.25) is 0 Å². The molecular formula is C13H18O5. The van der Waals surface area contributed by atoms with Crippen LogP contribution in [0, 0.1) is 0 Å². The number of hydrogen-bond donors (Lipinski definition) is 1. The molecule has 1 atom stereocenters. The highest BCUT2D eigenvalue weighted by atomic mass is 16.6. The Morgan fingerprint density at radius 1 is 1.44 bits per heavy atom. The number of ether oxygens (including phenoxy) is 3. The van der Waals surface area contributed by atoms with Crippen LogP contribution in [0.25, 0.3) is 0 Å². The minimum absolute atomic E-state index is 0.192. The summed E-state index contributed by atoms with van der Waals surface area (Å²) in [6, 6.07) is 5.15. The molecule has 0 radical (unpaired) electrons. The summed E-state index contributed by atoms with van der Waals surface area (Å²) in [5.74, 6) is 0.382. The zero-order valence-corrected chi connectivity index (χ0v) is 10.8. The Kier molecular flexibility index (Phi) is 5.45. The molecular weight excluding hydrogens is 236 g/mol. The van der Waals surface area contributed by atoms with E-state index in [0.717, 1.165) is 0 Å². The van der Waals surface area contributed by atoms with Gasteiger partial charge in [0.1, 0.15) is 0 Å². The molecule has 0 spiro atoms. The third-order valence-corrected chi connectivity index (χ3v) is 2.36. The first-order valence-electron chi connectivity index (χ1n) is 5.74. The summed E-state index contributed by atoms with van der Waals surface area (Å²) < 4.78 is 15.5. The molecule has 0 aliphatic rings. The lowest BCUT2D eigenvalue weighted by Gasteiger charge is -2.17. The highest BCUT2D eigenvalue weighted by molar-refractivity contribution is 5.74. The number of para-hydroxylation sites is 1. The van der Waals surface area contributed by atoms with Crippen molar-refractivity contribution < 1.29 is 24.1 Å². The van der Waals surface area contributed by atoms with Gasteiger partial charge in [0.2, 0.25) is 0 Å². The second-order valence-electron chi connectivity index (χ2n) is 3.62. The van der Waals surface area contributed by atoms with Gasteiger partial charge in [-0.25, -0.2) is 4.79 Å². The first-order chi connectivity index (χ1) is 8.63. The smallest absolute Gasteiger partial charge is 0.347 e. The summed E-state index contributed by atoms with van der Waals surface area (Å²) in [4.78, 5) is 11.5. The van der Waals surface area contributed by atoms with Gasteiger partial charge < -0.3 is 19.3 Å². The van der Waals surface area contributed by atoms with E-state index < -0.39 is 12.1 Å². The SMILES string of the molecule is CCOC(=O)C(C)Oc1c(CO)cccc1OC. The van der Waals surface area contributed by atoms with Crippen molar-refractivity contribution >= 4 is 5.97 Å². The fourth-order valence-electron chi connectivity index (χ4n) is 1.46. The lowest BCUT2D eigenvalue weighted by molar-refractivity contribution is -0.150. The number of benzene rings is 1. The molecule has 5 heteroatoms. The maximum Gasteiger partial charge on any atom is 0.347 e. The quantitative estimate of drug-likeness (QED) is 0.780. The molecule has 1 N–H and O–H groups in total. The van der Waals surface area contributed by atoms with Crippen molar-refractivity contribution in [3.63, 3.8) is 0 Å². The third-order valence-electron chi connectivity index (χ3n) is 2.36. The van der Waals surface area contributed by atoms with Crippen LogP contribution in [0.1, 0.15) is 19.4 Å². The zero-order valence-electron chi connectivity index (χ0n) is 10.8. The molecule has 0 aromatic heterocycles. The summed E-state index contributed by atoms with van der Waals surface area (Å²) in [6.45, 7) is 3.42. The van der Waals surface area contributed by atoms with E-state index in [2.05, 4.69) is 0 Å². The van der Waals surface area contributed by atoms with Gasteiger partial charge in [0.25, 0.3) is 0 Å². The number of carbonyl (C=O) groups is 1. The Balaban J connectivity index is 2.91. The molecule has 1 aromatic carbocycles. The highest BCUT2D eigenvalue weighted by Gasteiger charge is 2.19. The number of hydrogen-bond acceptors (Lipinski definition) is 5. The van der Waals surface area contributed by atoms with Gasteiger partial charge in [-0.1, -0.05) is 12.1 Å². The molecule has 100 valence electrons. The lowest BCUT2D eigenvalue weighted by Crippen LogP contribution is -2.26. The summed E-state index contributed by atoms with van der Waals surface area (Å²) in [5.41, 5.74) is 0.561. The van der Waals surface area contributed by atoms with Crippen molar-refractivity contribution in [3.8, 4) is 11.5 Å². The number of carbonyl (C=O) groups excluding carboxylic acids is 1. The average Bonchev–Trinajstić information content (AvgIpc) is 2.39. The number of aliphatic hydroxyl groups excluding tert-OH is 1. The van der Waals surface area contributed by atoms with Gasteiger partial charge in [-0.05, 0) is 19.9 Å². The van der Waals surface area contributed by atoms with Crippen LogP contribution < -0.4 is 9.47 Å². The average molecular weight is 254 g/mol. The summed E-state index contributed by atoms with van der Waals surface area (Å²) >= 11 is 0. The minimum Gasteiger partial charge on any atom is -0.493 e. The van der Waals surface area contributed by atoms with Crippen LogP contribution in [0.5, 0.6) is 11.5 Å². The van der Waals surface area contributed by atoms with Crippen LogP contribution >= 0.6 is 0 Å². The molecule has 1 rings (SSSR count). The normalized spacial score (nSPS) is 11.8. The van der Waals surface area contributed by atoms with Crippen molar-refractivity contribution in [1.82, 2.24) is 0 Å². The number of esters is 1. The van der Waals surface area contributed by atoms with Crippen LogP contribution in [-0.4, -0.2) is 30.9 Å². The Labute approximate surface area is 106 Å². The van der Waals surface area contributed by atoms with Crippen molar-refractivity contribution in [3.05, 3.63) is 23.8 Å². The van der Waals surface area contributed by atoms with Crippen LogP contribution in [0.15, 0.2) is 18.2 Å². The van der Waals surface area contributed by atoms with Crippen LogP contribution in [-0.2, 0) is 16.1 Å². The van der Waals surface area contributed by atoms with E-state index in [1.54, 1.807) is 32.0 Å². The molecule has 0 saturated heterocycles. The van der Waals surface area contributed by atoms with Gasteiger partial charge in [-0.15, -0.1) is 0 Å². The fraction of sp³-hybridized carbons (Fsp3) is 0.462. The van der Waals surface area contributed by atoms with E-state index in [4.69, 9.17) is 14.2 Å². The third kappa shape index (κ3) is 3.37. The summed E-state index contributed by atoms with van der Waals surface area (Å²) in [6.07, 6.45) is -0.758. The van der Waals surface area contributed by atoms with Gasteiger partial charge in [0.05, 0.1) is 20.3 Å². The Morgan fingerprint density at radius 3 is 2.72 bits per heavy atom. The van der Waals surface area contributed by atoms with Crippen molar-refractivity contribution in [2.75, 3.05) is 13.7 Å². The Morgan fingerprint density at radius 2 is 2.17 bits per heavy atom. The summed E-state index contributed by atoms with van der Waals surface area (Å²) in [7, 11) is 1.50. The van der Waals surface area contributed by atoms with Gasteiger partial charge in [-0.2, -0.15) is 0 Å². The molecule has 1 unspecified atom stereocenters. The molecule has 5 nitrogen and oxygen atoms in total. The zero-order chi connectivity index (χ0) is 13.5. The van der Waals surface area contributed by atoms with Crippen LogP contribution in [0.4, 0.5) is 0 Å². The maximum absolute atomic E-state index is 11.5. The second-order valence-corrected chi connectivity index (χ2v) is 3.62. The largest absolute Gasteiger partial charge is 0.493 e. The Bertz CT molecular complexity index is 380. The van der Waals surface area contributed by atoms with Gasteiger partial charge in [0.15, 0.2) is 17.6 Å². The monoisotopic (exact) mass is 254 g/mol. The predicted octanol–water partition coefficient (Wildman–Crippen LogP) is 1.52. The van der Waals surface area contributed by atoms with E-state index in [0.29, 0.717) is 23.7 Å². The van der Waals surface area contributed by atoms with Crippen molar-refractivity contribution in [2.45, 2.75) is 26.6 Å². The van der Waals surface area contributed by atoms with Crippen LogP contribution in [0.3, 0.4) is 0 Å². The van der Waals surface area contributed by atoms with Crippen molar-refractivity contribution in [1.29, 1.82) is 0 Å². The van der Waals surface area contributed by atoms with Gasteiger partial charge >= 0.3 is 5.97 Å². The highest BCUT2D eigenvalue weighted by Crippen LogP contribution is 2.32. The van der Waals surface area contributed by atoms with E-state index in [-0.39, 0.29) is 6.61 Å². The predicted molar refractivity (Wildman–Crippen MR) is 65.6 cm³/mol. The molecule has 0 saturated carbocycles. The number of rotatable bonds is 6. The summed E-state index contributed by atoms with van der Waals surface area (Å²) in [5, 5.41) is 9.24. The number of methoxy groups -OCH3 is 1. The Hall–Kier alpha value is -1.75. The van der Waals surface area contributed by atoms with E-state index in [1.165, 1.54) is 7.11 Å². The van der Waals surface area contributed by atoms with Crippen LogP contribution in [0.2, 0.25) is 0 Å². The van der Waals surface area contributed by atoms with E-state index in [9.17, 15) is 9.90 Å².